The topological polar surface area (TPSA) is 50.4 Å². The standard InChI is InChI=1S/C18H28N2O2/c1-3-12-22-17-7-5-4-6-16(17)20-18(21)13-14(2)15-8-10-19-11-9-15/h4-7,14-15,19H,3,8-13H2,1-2H3,(H,20,21). The van der Waals surface area contributed by atoms with Crippen LogP contribution in [-0.2, 0) is 4.79 Å². The van der Waals surface area contributed by atoms with Gasteiger partial charge >= 0.3 is 0 Å². The molecule has 4 nitrogen and oxygen atoms in total. The number of carbonyl (C=O) groups is 1. The van der Waals surface area contributed by atoms with Crippen molar-refractivity contribution < 1.29 is 9.53 Å². The Morgan fingerprint density at radius 1 is 1.36 bits per heavy atom. The summed E-state index contributed by atoms with van der Waals surface area (Å²) in [5, 5.41) is 6.38. The van der Waals surface area contributed by atoms with E-state index in [0.29, 0.717) is 24.9 Å². The molecule has 0 bridgehead atoms. The Morgan fingerprint density at radius 3 is 2.82 bits per heavy atom. The maximum Gasteiger partial charge on any atom is 0.224 e. The van der Waals surface area contributed by atoms with E-state index in [0.717, 1.165) is 30.9 Å². The first kappa shape index (κ1) is 16.8. The molecule has 1 heterocycles. The molecule has 0 spiro atoms. The van der Waals surface area contributed by atoms with E-state index in [-0.39, 0.29) is 5.91 Å². The van der Waals surface area contributed by atoms with Crippen LogP contribution in [0, 0.1) is 11.8 Å². The van der Waals surface area contributed by atoms with E-state index in [1.54, 1.807) is 0 Å². The summed E-state index contributed by atoms with van der Waals surface area (Å²) < 4.78 is 5.69. The first-order valence-corrected chi connectivity index (χ1v) is 8.43. The van der Waals surface area contributed by atoms with Gasteiger partial charge in [-0.1, -0.05) is 26.0 Å². The van der Waals surface area contributed by atoms with Gasteiger partial charge in [0.05, 0.1) is 12.3 Å². The minimum absolute atomic E-state index is 0.0820. The van der Waals surface area contributed by atoms with Crippen LogP contribution in [0.2, 0.25) is 0 Å². The summed E-state index contributed by atoms with van der Waals surface area (Å²) in [5.41, 5.74) is 0.776. The molecule has 1 aliphatic heterocycles. The summed E-state index contributed by atoms with van der Waals surface area (Å²) in [7, 11) is 0. The van der Waals surface area contributed by atoms with Crippen LogP contribution in [0.1, 0.15) is 39.5 Å². The summed E-state index contributed by atoms with van der Waals surface area (Å²) in [6.07, 6.45) is 3.87. The van der Waals surface area contributed by atoms with E-state index in [1.165, 1.54) is 12.8 Å². The predicted octanol–water partition coefficient (Wildman–Crippen LogP) is 3.44. The van der Waals surface area contributed by atoms with Crippen LogP contribution in [0.15, 0.2) is 24.3 Å². The van der Waals surface area contributed by atoms with Crippen molar-refractivity contribution in [3.05, 3.63) is 24.3 Å². The second-order valence-corrected chi connectivity index (χ2v) is 6.16. The molecular formula is C18H28N2O2. The number of ether oxygens (including phenoxy) is 1. The zero-order valence-electron chi connectivity index (χ0n) is 13.7. The molecule has 122 valence electrons. The van der Waals surface area contributed by atoms with Gasteiger partial charge in [-0.15, -0.1) is 0 Å². The van der Waals surface area contributed by atoms with Gasteiger partial charge in [-0.2, -0.15) is 0 Å². The molecule has 1 amide bonds. The van der Waals surface area contributed by atoms with Gasteiger partial charge in [0, 0.05) is 6.42 Å². The summed E-state index contributed by atoms with van der Waals surface area (Å²) in [4.78, 5) is 12.3. The molecule has 22 heavy (non-hydrogen) atoms. The third-order valence-electron chi connectivity index (χ3n) is 4.32. The Hall–Kier alpha value is -1.55. The van der Waals surface area contributed by atoms with Crippen LogP contribution >= 0.6 is 0 Å². The first-order chi connectivity index (χ1) is 10.7. The highest BCUT2D eigenvalue weighted by Crippen LogP contribution is 2.27. The predicted molar refractivity (Wildman–Crippen MR) is 90.2 cm³/mol. The van der Waals surface area contributed by atoms with Gasteiger partial charge in [0.2, 0.25) is 5.91 Å². The Kier molecular flexibility index (Phi) is 6.72. The maximum absolute atomic E-state index is 12.3. The third kappa shape index (κ3) is 5.02. The number of anilines is 1. The largest absolute Gasteiger partial charge is 0.491 e. The number of benzene rings is 1. The molecule has 1 saturated heterocycles. The lowest BCUT2D eigenvalue weighted by atomic mass is 9.84. The number of para-hydroxylation sites is 2. The maximum atomic E-state index is 12.3. The number of hydrogen-bond acceptors (Lipinski definition) is 3. The average molecular weight is 304 g/mol. The summed E-state index contributed by atoms with van der Waals surface area (Å²) in [6.45, 7) is 7.07. The zero-order chi connectivity index (χ0) is 15.8. The summed E-state index contributed by atoms with van der Waals surface area (Å²) in [5.74, 6) is 1.91. The molecule has 1 aromatic rings. The van der Waals surface area contributed by atoms with E-state index >= 15 is 0 Å². The van der Waals surface area contributed by atoms with Crippen LogP contribution in [0.5, 0.6) is 5.75 Å². The second-order valence-electron chi connectivity index (χ2n) is 6.16. The van der Waals surface area contributed by atoms with Gasteiger partial charge in [0.25, 0.3) is 0 Å². The molecule has 1 fully saturated rings. The van der Waals surface area contributed by atoms with Crippen molar-refractivity contribution >= 4 is 11.6 Å². The fraction of sp³-hybridized carbons (Fsp3) is 0.611. The lowest BCUT2D eigenvalue weighted by Gasteiger charge is -2.28. The number of piperidine rings is 1. The highest BCUT2D eigenvalue weighted by atomic mass is 16.5. The second kappa shape index (κ2) is 8.79. The van der Waals surface area contributed by atoms with Crippen LogP contribution in [0.3, 0.4) is 0 Å². The van der Waals surface area contributed by atoms with E-state index in [9.17, 15) is 4.79 Å². The van der Waals surface area contributed by atoms with Gasteiger partial charge in [-0.05, 0) is 56.3 Å². The smallest absolute Gasteiger partial charge is 0.224 e. The number of carbonyl (C=O) groups excluding carboxylic acids is 1. The van der Waals surface area contributed by atoms with Crippen LogP contribution in [-0.4, -0.2) is 25.6 Å². The number of hydrogen-bond donors (Lipinski definition) is 2. The van der Waals surface area contributed by atoms with Crippen molar-refractivity contribution in [2.24, 2.45) is 11.8 Å². The molecule has 1 atom stereocenters. The van der Waals surface area contributed by atoms with Crippen molar-refractivity contribution in [1.29, 1.82) is 0 Å². The van der Waals surface area contributed by atoms with Gasteiger partial charge in [0.1, 0.15) is 5.75 Å². The molecule has 1 aromatic carbocycles. The lowest BCUT2D eigenvalue weighted by Crippen LogP contribution is -2.32. The van der Waals surface area contributed by atoms with E-state index in [2.05, 4.69) is 24.5 Å². The van der Waals surface area contributed by atoms with Crippen LogP contribution < -0.4 is 15.4 Å². The zero-order valence-corrected chi connectivity index (χ0v) is 13.7. The van der Waals surface area contributed by atoms with E-state index in [1.807, 2.05) is 24.3 Å². The SMILES string of the molecule is CCCOc1ccccc1NC(=O)CC(C)C1CCNCC1. The third-order valence-corrected chi connectivity index (χ3v) is 4.32. The fourth-order valence-corrected chi connectivity index (χ4v) is 2.98. The molecule has 1 unspecified atom stereocenters. The normalized spacial score (nSPS) is 17.0. The Morgan fingerprint density at radius 2 is 2.09 bits per heavy atom. The molecule has 0 radical (unpaired) electrons. The molecule has 0 aromatic heterocycles. The number of amides is 1. The van der Waals surface area contributed by atoms with Crippen molar-refractivity contribution in [3.63, 3.8) is 0 Å². The van der Waals surface area contributed by atoms with Gasteiger partial charge in [-0.25, -0.2) is 0 Å². The molecule has 1 aliphatic rings. The minimum Gasteiger partial charge on any atom is -0.491 e. The average Bonchev–Trinajstić information content (AvgIpc) is 2.54. The van der Waals surface area contributed by atoms with Crippen molar-refractivity contribution in [3.8, 4) is 5.75 Å². The highest BCUT2D eigenvalue weighted by molar-refractivity contribution is 5.92. The Bertz CT molecular complexity index is 470. The molecule has 0 aliphatic carbocycles. The van der Waals surface area contributed by atoms with Crippen LogP contribution in [0.25, 0.3) is 0 Å². The van der Waals surface area contributed by atoms with Crippen molar-refractivity contribution in [2.45, 2.75) is 39.5 Å². The number of rotatable bonds is 7. The monoisotopic (exact) mass is 304 g/mol. The quantitative estimate of drug-likeness (QED) is 0.811. The molecule has 0 saturated carbocycles. The fourth-order valence-electron chi connectivity index (χ4n) is 2.98. The van der Waals surface area contributed by atoms with Gasteiger partial charge in [0.15, 0.2) is 0 Å². The van der Waals surface area contributed by atoms with Crippen LogP contribution in [0.4, 0.5) is 5.69 Å². The Balaban J connectivity index is 1.88. The van der Waals surface area contributed by atoms with Gasteiger partial charge < -0.3 is 15.4 Å². The Labute approximate surface area is 133 Å². The van der Waals surface area contributed by atoms with Gasteiger partial charge in [-0.3, -0.25) is 4.79 Å². The van der Waals surface area contributed by atoms with E-state index in [4.69, 9.17) is 4.74 Å². The summed E-state index contributed by atoms with van der Waals surface area (Å²) >= 11 is 0. The highest BCUT2D eigenvalue weighted by Gasteiger charge is 2.22. The van der Waals surface area contributed by atoms with E-state index < -0.39 is 0 Å². The minimum atomic E-state index is 0.0820. The summed E-state index contributed by atoms with van der Waals surface area (Å²) in [6, 6.07) is 7.66. The molecule has 2 N–H and O–H groups in total. The van der Waals surface area contributed by atoms with Crippen molar-refractivity contribution in [1.82, 2.24) is 5.32 Å². The molecule has 4 heteroatoms. The van der Waals surface area contributed by atoms with Crippen molar-refractivity contribution in [2.75, 3.05) is 25.0 Å². The molecule has 2 rings (SSSR count). The molecular weight excluding hydrogens is 276 g/mol. The first-order valence-electron chi connectivity index (χ1n) is 8.43. The lowest BCUT2D eigenvalue weighted by molar-refractivity contribution is -0.117. The number of nitrogens with one attached hydrogen (secondary N) is 2.